The lowest BCUT2D eigenvalue weighted by atomic mass is 10.2. The molecule has 0 atom stereocenters. The van der Waals surface area contributed by atoms with Crippen LogP contribution in [0.5, 0.6) is 5.75 Å². The summed E-state index contributed by atoms with van der Waals surface area (Å²) in [7, 11) is 0. The molecule has 1 aromatic heterocycles. The van der Waals surface area contributed by atoms with Crippen LogP contribution in [0.1, 0.15) is 17.0 Å². The number of rotatable bonds is 7. The average Bonchev–Trinajstić information content (AvgIpc) is 3.10. The van der Waals surface area contributed by atoms with E-state index in [1.54, 1.807) is 0 Å². The largest absolute Gasteiger partial charge is 0.489 e. The highest BCUT2D eigenvalue weighted by Crippen LogP contribution is 2.17. The molecule has 0 bridgehead atoms. The first-order chi connectivity index (χ1) is 13.3. The second-order valence-electron chi connectivity index (χ2n) is 6.37. The fourth-order valence-corrected chi connectivity index (χ4v) is 3.17. The van der Waals surface area contributed by atoms with Crippen LogP contribution in [0.25, 0.3) is 11.0 Å². The van der Waals surface area contributed by atoms with E-state index in [9.17, 15) is 0 Å². The lowest BCUT2D eigenvalue weighted by Crippen LogP contribution is -2.13. The van der Waals surface area contributed by atoms with Crippen molar-refractivity contribution in [2.45, 2.75) is 19.7 Å². The van der Waals surface area contributed by atoms with Gasteiger partial charge in [-0.2, -0.15) is 0 Å². The van der Waals surface area contributed by atoms with Crippen LogP contribution in [0.15, 0.2) is 72.8 Å². The van der Waals surface area contributed by atoms with Gasteiger partial charge in [-0.15, -0.1) is 0 Å². The van der Waals surface area contributed by atoms with Gasteiger partial charge < -0.3 is 15.0 Å². The first-order valence-electron chi connectivity index (χ1n) is 8.87. The number of H-pyrrole nitrogens is 1. The summed E-state index contributed by atoms with van der Waals surface area (Å²) >= 11 is 6.01. The monoisotopic (exact) mass is 377 g/mol. The van der Waals surface area contributed by atoms with E-state index >= 15 is 0 Å². The number of halogens is 1. The van der Waals surface area contributed by atoms with Crippen LogP contribution in [0.4, 0.5) is 0 Å². The van der Waals surface area contributed by atoms with E-state index in [4.69, 9.17) is 16.3 Å². The molecule has 0 fully saturated rings. The number of aromatic nitrogens is 2. The molecule has 1 heterocycles. The smallest absolute Gasteiger partial charge is 0.121 e. The number of imidazole rings is 1. The minimum absolute atomic E-state index is 0.496. The summed E-state index contributed by atoms with van der Waals surface area (Å²) in [5.41, 5.74) is 4.27. The van der Waals surface area contributed by atoms with E-state index in [0.717, 1.165) is 45.3 Å². The van der Waals surface area contributed by atoms with Crippen molar-refractivity contribution in [1.29, 1.82) is 0 Å². The Morgan fingerprint density at radius 3 is 2.63 bits per heavy atom. The Bertz CT molecular complexity index is 1010. The predicted octanol–water partition coefficient (Wildman–Crippen LogP) is 5.09. The highest BCUT2D eigenvalue weighted by molar-refractivity contribution is 6.30. The molecule has 4 aromatic rings. The van der Waals surface area contributed by atoms with Gasteiger partial charge in [-0.3, -0.25) is 0 Å². The molecule has 0 amide bonds. The highest BCUT2D eigenvalue weighted by atomic mass is 35.5. The normalized spacial score (nSPS) is 11.0. The van der Waals surface area contributed by atoms with Crippen molar-refractivity contribution >= 4 is 22.6 Å². The third kappa shape index (κ3) is 4.67. The Kier molecular flexibility index (Phi) is 5.37. The van der Waals surface area contributed by atoms with Gasteiger partial charge in [-0.05, 0) is 47.5 Å². The minimum atomic E-state index is 0.496. The molecule has 0 unspecified atom stereocenters. The quantitative estimate of drug-likeness (QED) is 0.472. The van der Waals surface area contributed by atoms with Crippen LogP contribution < -0.4 is 10.1 Å². The summed E-state index contributed by atoms with van der Waals surface area (Å²) in [5, 5.41) is 4.14. The molecule has 5 heteroatoms. The van der Waals surface area contributed by atoms with Crippen LogP contribution in [0.2, 0.25) is 5.02 Å². The fraction of sp³-hybridized carbons (Fsp3) is 0.136. The van der Waals surface area contributed by atoms with E-state index in [0.29, 0.717) is 13.2 Å². The zero-order chi connectivity index (χ0) is 18.5. The minimum Gasteiger partial charge on any atom is -0.489 e. The third-order valence-electron chi connectivity index (χ3n) is 4.25. The lowest BCUT2D eigenvalue weighted by Gasteiger charge is -2.09. The number of nitrogens with one attached hydrogen (secondary N) is 2. The van der Waals surface area contributed by atoms with Gasteiger partial charge in [0.25, 0.3) is 0 Å². The maximum absolute atomic E-state index is 6.01. The fourth-order valence-electron chi connectivity index (χ4n) is 2.95. The van der Waals surface area contributed by atoms with Crippen molar-refractivity contribution in [3.8, 4) is 5.75 Å². The second-order valence-corrected chi connectivity index (χ2v) is 6.81. The van der Waals surface area contributed by atoms with Crippen LogP contribution >= 0.6 is 11.6 Å². The van der Waals surface area contributed by atoms with Crippen LogP contribution in [0.3, 0.4) is 0 Å². The Labute approximate surface area is 163 Å². The van der Waals surface area contributed by atoms with Gasteiger partial charge >= 0.3 is 0 Å². The summed E-state index contributed by atoms with van der Waals surface area (Å²) in [4.78, 5) is 7.91. The summed E-state index contributed by atoms with van der Waals surface area (Å²) < 4.78 is 5.89. The molecule has 136 valence electrons. The molecule has 0 radical (unpaired) electrons. The molecule has 0 saturated carbocycles. The van der Waals surface area contributed by atoms with Crippen molar-refractivity contribution in [1.82, 2.24) is 15.3 Å². The van der Waals surface area contributed by atoms with Crippen molar-refractivity contribution in [2.24, 2.45) is 0 Å². The number of hydrogen-bond donors (Lipinski definition) is 2. The summed E-state index contributed by atoms with van der Waals surface area (Å²) in [6, 6.07) is 23.9. The van der Waals surface area contributed by atoms with E-state index in [-0.39, 0.29) is 0 Å². The average molecular weight is 378 g/mol. The highest BCUT2D eigenvalue weighted by Gasteiger charge is 2.03. The molecule has 4 rings (SSSR count). The van der Waals surface area contributed by atoms with Crippen LogP contribution in [0, 0.1) is 0 Å². The molecule has 0 spiro atoms. The number of aromatic amines is 1. The molecule has 0 aliphatic carbocycles. The number of benzene rings is 3. The Balaban J connectivity index is 1.32. The van der Waals surface area contributed by atoms with Gasteiger partial charge in [0.05, 0.1) is 17.6 Å². The topological polar surface area (TPSA) is 49.9 Å². The van der Waals surface area contributed by atoms with Crippen LogP contribution in [-0.2, 0) is 19.7 Å². The van der Waals surface area contributed by atoms with Gasteiger partial charge in [0.1, 0.15) is 18.2 Å². The van der Waals surface area contributed by atoms with Crippen LogP contribution in [-0.4, -0.2) is 9.97 Å². The SMILES string of the molecule is Clc1cccc(COc2cccc(CNCc3nc4ccccc4[nH]3)c2)c1. The van der Waals surface area contributed by atoms with Crippen molar-refractivity contribution < 1.29 is 4.74 Å². The number of para-hydroxylation sites is 2. The van der Waals surface area contributed by atoms with Crippen molar-refractivity contribution in [3.05, 3.63) is 94.8 Å². The van der Waals surface area contributed by atoms with Gasteiger partial charge in [-0.25, -0.2) is 4.98 Å². The number of nitrogens with zero attached hydrogens (tertiary/aromatic N) is 1. The van der Waals surface area contributed by atoms with E-state index in [1.165, 1.54) is 0 Å². The standard InChI is InChI=1S/C22H20ClN3O/c23-18-7-3-6-17(11-18)15-27-19-8-4-5-16(12-19)13-24-14-22-25-20-9-1-2-10-21(20)26-22/h1-12,24H,13-15H2,(H,25,26). The lowest BCUT2D eigenvalue weighted by molar-refractivity contribution is 0.306. The van der Waals surface area contributed by atoms with Gasteiger partial charge in [-0.1, -0.05) is 48.0 Å². The van der Waals surface area contributed by atoms with Gasteiger partial charge in [0.2, 0.25) is 0 Å². The third-order valence-corrected chi connectivity index (χ3v) is 4.49. The zero-order valence-electron chi connectivity index (χ0n) is 14.8. The molecule has 3 aromatic carbocycles. The molecule has 27 heavy (non-hydrogen) atoms. The molecule has 4 nitrogen and oxygen atoms in total. The molecule has 0 saturated heterocycles. The second kappa shape index (κ2) is 8.25. The zero-order valence-corrected chi connectivity index (χ0v) is 15.5. The molecular formula is C22H20ClN3O. The van der Waals surface area contributed by atoms with Gasteiger partial charge in [0.15, 0.2) is 0 Å². The number of hydrogen-bond acceptors (Lipinski definition) is 3. The Morgan fingerprint density at radius 2 is 1.74 bits per heavy atom. The van der Waals surface area contributed by atoms with Crippen molar-refractivity contribution in [3.63, 3.8) is 0 Å². The number of ether oxygens (including phenoxy) is 1. The molecular weight excluding hydrogens is 358 g/mol. The summed E-state index contributed by atoms with van der Waals surface area (Å²) in [5.74, 6) is 1.78. The molecule has 2 N–H and O–H groups in total. The number of fused-ring (bicyclic) bond motifs is 1. The maximum atomic E-state index is 6.01. The first kappa shape index (κ1) is 17.6. The molecule has 0 aliphatic heterocycles. The summed E-state index contributed by atoms with van der Waals surface area (Å²) in [6.45, 7) is 1.92. The molecule has 0 aliphatic rings. The first-order valence-corrected chi connectivity index (χ1v) is 9.24. The van der Waals surface area contributed by atoms with E-state index in [1.807, 2.05) is 60.7 Å². The van der Waals surface area contributed by atoms with E-state index < -0.39 is 0 Å². The Morgan fingerprint density at radius 1 is 0.889 bits per heavy atom. The summed E-state index contributed by atoms with van der Waals surface area (Å²) in [6.07, 6.45) is 0. The maximum Gasteiger partial charge on any atom is 0.121 e. The van der Waals surface area contributed by atoms with Crippen molar-refractivity contribution in [2.75, 3.05) is 0 Å². The van der Waals surface area contributed by atoms with Gasteiger partial charge in [0, 0.05) is 11.6 Å². The van der Waals surface area contributed by atoms with E-state index in [2.05, 4.69) is 27.4 Å². The Hall–Kier alpha value is -2.82. The predicted molar refractivity (Wildman–Crippen MR) is 109 cm³/mol.